The summed E-state index contributed by atoms with van der Waals surface area (Å²) >= 11 is 0. The van der Waals surface area contributed by atoms with E-state index in [4.69, 9.17) is 5.73 Å². The van der Waals surface area contributed by atoms with E-state index < -0.39 is 0 Å². The molecule has 0 heterocycles. The van der Waals surface area contributed by atoms with Gasteiger partial charge in [-0.25, -0.2) is 0 Å². The number of nitrogens with two attached hydrogens (primary N) is 1. The number of rotatable bonds is 4. The number of benzene rings is 1. The van der Waals surface area contributed by atoms with Crippen LogP contribution in [0, 0.1) is 5.92 Å². The van der Waals surface area contributed by atoms with Crippen LogP contribution < -0.4 is 11.1 Å². The predicted molar refractivity (Wildman–Crippen MR) is 61.9 cm³/mol. The molecule has 1 saturated carbocycles. The maximum absolute atomic E-state index is 9.34. The summed E-state index contributed by atoms with van der Waals surface area (Å²) in [6, 6.07) is 7.56. The van der Waals surface area contributed by atoms with E-state index in [0.717, 1.165) is 5.69 Å². The Morgan fingerprint density at radius 2 is 2.27 bits per heavy atom. The Bertz CT molecular complexity index is 323. The van der Waals surface area contributed by atoms with Crippen LogP contribution in [-0.2, 0) is 0 Å². The van der Waals surface area contributed by atoms with Gasteiger partial charge < -0.3 is 16.2 Å². The lowest BCUT2D eigenvalue weighted by atomic mass is 9.79. The minimum atomic E-state index is 0.296. The van der Waals surface area contributed by atoms with Gasteiger partial charge in [-0.2, -0.15) is 0 Å². The maximum Gasteiger partial charge on any atom is 0.117 e. The van der Waals surface area contributed by atoms with Crippen LogP contribution in [0.3, 0.4) is 0 Å². The van der Waals surface area contributed by atoms with Crippen molar-refractivity contribution in [3.63, 3.8) is 0 Å². The Balaban J connectivity index is 1.99. The van der Waals surface area contributed by atoms with Gasteiger partial charge in [0.05, 0.1) is 0 Å². The fourth-order valence-corrected chi connectivity index (χ4v) is 2.02. The minimum Gasteiger partial charge on any atom is -0.508 e. The molecule has 15 heavy (non-hydrogen) atoms. The van der Waals surface area contributed by atoms with E-state index in [1.165, 1.54) is 19.3 Å². The summed E-state index contributed by atoms with van der Waals surface area (Å²) in [5, 5.41) is 12.7. The number of hydrogen-bond acceptors (Lipinski definition) is 3. The molecule has 3 heteroatoms. The van der Waals surface area contributed by atoms with E-state index in [2.05, 4.69) is 5.32 Å². The molecule has 1 aromatic carbocycles. The summed E-state index contributed by atoms with van der Waals surface area (Å²) in [5.74, 6) is 1.00. The molecular formula is C12H18N2O. The Hall–Kier alpha value is -1.22. The van der Waals surface area contributed by atoms with Crippen molar-refractivity contribution in [2.45, 2.75) is 25.3 Å². The number of hydrogen-bond donors (Lipinski definition) is 3. The number of aromatic hydroxyl groups is 1. The third-order valence-corrected chi connectivity index (χ3v) is 3.17. The molecule has 1 aromatic rings. The van der Waals surface area contributed by atoms with Crippen molar-refractivity contribution in [3.05, 3.63) is 24.3 Å². The lowest BCUT2D eigenvalue weighted by Gasteiger charge is -2.34. The summed E-state index contributed by atoms with van der Waals surface area (Å²) < 4.78 is 0. The van der Waals surface area contributed by atoms with Gasteiger partial charge in [0.25, 0.3) is 0 Å². The molecule has 0 spiro atoms. The van der Waals surface area contributed by atoms with E-state index in [9.17, 15) is 5.11 Å². The third-order valence-electron chi connectivity index (χ3n) is 3.17. The SMILES string of the molecule is NCC(Nc1cccc(O)c1)C1CCC1. The summed E-state index contributed by atoms with van der Waals surface area (Å²) in [6.07, 6.45) is 3.87. The van der Waals surface area contributed by atoms with Gasteiger partial charge in [0.1, 0.15) is 5.75 Å². The molecule has 1 atom stereocenters. The first kappa shape index (κ1) is 10.3. The highest BCUT2D eigenvalue weighted by atomic mass is 16.3. The first-order valence-electron chi connectivity index (χ1n) is 5.55. The highest BCUT2D eigenvalue weighted by molar-refractivity contribution is 5.48. The average molecular weight is 206 g/mol. The Morgan fingerprint density at radius 1 is 1.47 bits per heavy atom. The zero-order chi connectivity index (χ0) is 10.7. The van der Waals surface area contributed by atoms with Crippen LogP contribution in [0.4, 0.5) is 5.69 Å². The smallest absolute Gasteiger partial charge is 0.117 e. The summed E-state index contributed by atoms with van der Waals surface area (Å²) in [5.41, 5.74) is 6.70. The van der Waals surface area contributed by atoms with Crippen LogP contribution in [0.15, 0.2) is 24.3 Å². The Kier molecular flexibility index (Phi) is 3.11. The van der Waals surface area contributed by atoms with E-state index in [1.807, 2.05) is 12.1 Å². The molecule has 1 unspecified atom stereocenters. The van der Waals surface area contributed by atoms with Crippen molar-refractivity contribution in [3.8, 4) is 5.75 Å². The molecule has 0 radical (unpaired) electrons. The van der Waals surface area contributed by atoms with Crippen molar-refractivity contribution in [1.82, 2.24) is 0 Å². The standard InChI is InChI=1S/C12H18N2O/c13-8-12(9-3-1-4-9)14-10-5-2-6-11(15)7-10/h2,5-7,9,12,14-15H,1,3-4,8,13H2. The van der Waals surface area contributed by atoms with Crippen LogP contribution in [0.1, 0.15) is 19.3 Å². The van der Waals surface area contributed by atoms with Gasteiger partial charge in [-0.15, -0.1) is 0 Å². The lowest BCUT2D eigenvalue weighted by molar-refractivity contribution is 0.277. The molecule has 1 aliphatic carbocycles. The molecule has 0 aliphatic heterocycles. The Morgan fingerprint density at radius 3 is 2.80 bits per heavy atom. The molecule has 2 rings (SSSR count). The van der Waals surface area contributed by atoms with Crippen LogP contribution in [0.25, 0.3) is 0 Å². The normalized spacial score (nSPS) is 18.2. The number of anilines is 1. The van der Waals surface area contributed by atoms with E-state index in [1.54, 1.807) is 12.1 Å². The minimum absolute atomic E-state index is 0.296. The summed E-state index contributed by atoms with van der Waals surface area (Å²) in [7, 11) is 0. The zero-order valence-electron chi connectivity index (χ0n) is 8.82. The summed E-state index contributed by atoms with van der Waals surface area (Å²) in [4.78, 5) is 0. The van der Waals surface area contributed by atoms with Gasteiger partial charge in [0.15, 0.2) is 0 Å². The second-order valence-electron chi connectivity index (χ2n) is 4.23. The number of phenols is 1. The molecule has 0 bridgehead atoms. The first-order chi connectivity index (χ1) is 7.29. The van der Waals surface area contributed by atoms with Crippen LogP contribution in [0.5, 0.6) is 5.75 Å². The van der Waals surface area contributed by atoms with Gasteiger partial charge in [-0.3, -0.25) is 0 Å². The molecule has 0 aromatic heterocycles. The third kappa shape index (κ3) is 2.42. The molecule has 0 amide bonds. The first-order valence-corrected chi connectivity index (χ1v) is 5.55. The monoisotopic (exact) mass is 206 g/mol. The maximum atomic E-state index is 9.34. The van der Waals surface area contributed by atoms with Crippen molar-refractivity contribution in [2.24, 2.45) is 11.7 Å². The highest BCUT2D eigenvalue weighted by Gasteiger charge is 2.25. The van der Waals surface area contributed by atoms with Gasteiger partial charge in [0.2, 0.25) is 0 Å². The second-order valence-corrected chi connectivity index (χ2v) is 4.23. The predicted octanol–water partition coefficient (Wildman–Crippen LogP) is 1.93. The number of nitrogens with one attached hydrogen (secondary N) is 1. The van der Waals surface area contributed by atoms with Gasteiger partial charge in [-0.1, -0.05) is 12.5 Å². The molecule has 1 aliphatic rings. The highest BCUT2D eigenvalue weighted by Crippen LogP contribution is 2.31. The Labute approximate surface area is 90.3 Å². The fraction of sp³-hybridized carbons (Fsp3) is 0.500. The largest absolute Gasteiger partial charge is 0.508 e. The van der Waals surface area contributed by atoms with Crippen molar-refractivity contribution < 1.29 is 5.11 Å². The van der Waals surface area contributed by atoms with Crippen LogP contribution in [-0.4, -0.2) is 17.7 Å². The fourth-order valence-electron chi connectivity index (χ4n) is 2.02. The zero-order valence-corrected chi connectivity index (χ0v) is 8.82. The molecule has 3 nitrogen and oxygen atoms in total. The van der Waals surface area contributed by atoms with E-state index >= 15 is 0 Å². The summed E-state index contributed by atoms with van der Waals surface area (Å²) in [6.45, 7) is 0.653. The lowest BCUT2D eigenvalue weighted by Crippen LogP contribution is -2.39. The van der Waals surface area contributed by atoms with Crippen molar-refractivity contribution in [2.75, 3.05) is 11.9 Å². The van der Waals surface area contributed by atoms with Gasteiger partial charge in [0, 0.05) is 24.3 Å². The van der Waals surface area contributed by atoms with Gasteiger partial charge in [-0.05, 0) is 30.9 Å². The van der Waals surface area contributed by atoms with Crippen LogP contribution in [0.2, 0.25) is 0 Å². The van der Waals surface area contributed by atoms with Crippen LogP contribution >= 0.6 is 0 Å². The molecule has 1 fully saturated rings. The number of phenolic OH excluding ortho intramolecular Hbond substituents is 1. The second kappa shape index (κ2) is 4.53. The molecule has 4 N–H and O–H groups in total. The quantitative estimate of drug-likeness (QED) is 0.705. The molecule has 0 saturated heterocycles. The van der Waals surface area contributed by atoms with E-state index in [0.29, 0.717) is 24.3 Å². The van der Waals surface area contributed by atoms with Crippen molar-refractivity contribution in [1.29, 1.82) is 0 Å². The van der Waals surface area contributed by atoms with Gasteiger partial charge >= 0.3 is 0 Å². The topological polar surface area (TPSA) is 58.3 Å². The van der Waals surface area contributed by atoms with Crippen molar-refractivity contribution >= 4 is 5.69 Å². The van der Waals surface area contributed by atoms with E-state index in [-0.39, 0.29) is 0 Å². The average Bonchev–Trinajstić information content (AvgIpc) is 2.14. The molecular weight excluding hydrogens is 188 g/mol. The molecule has 82 valence electrons.